The summed E-state index contributed by atoms with van der Waals surface area (Å²) in [5, 5.41) is 0.612. The Hall–Kier alpha value is -1.96. The van der Waals surface area contributed by atoms with Gasteiger partial charge in [0.15, 0.2) is 14.6 Å². The fourth-order valence-corrected chi connectivity index (χ4v) is 4.91. The second-order valence-electron chi connectivity index (χ2n) is 5.44. The minimum atomic E-state index is -3.49. The van der Waals surface area contributed by atoms with Gasteiger partial charge in [-0.3, -0.25) is 4.79 Å². The average Bonchev–Trinajstić information content (AvgIpc) is 2.89. The Morgan fingerprint density at radius 3 is 2.64 bits per heavy atom. The van der Waals surface area contributed by atoms with E-state index in [1.807, 2.05) is 12.1 Å². The van der Waals surface area contributed by atoms with Crippen molar-refractivity contribution >= 4 is 48.9 Å². The van der Waals surface area contributed by atoms with Gasteiger partial charge in [-0.2, -0.15) is 4.99 Å². The predicted octanol–water partition coefficient (Wildman–Crippen LogP) is 3.18. The number of aromatic nitrogens is 1. The molecule has 0 saturated heterocycles. The lowest BCUT2D eigenvalue weighted by Crippen LogP contribution is -2.15. The van der Waals surface area contributed by atoms with Gasteiger partial charge in [-0.05, 0) is 30.3 Å². The molecule has 0 aliphatic carbocycles. The zero-order valence-electron chi connectivity index (χ0n) is 13.3. The van der Waals surface area contributed by atoms with Crippen LogP contribution < -0.4 is 4.80 Å². The smallest absolute Gasteiger partial charge is 0.249 e. The first-order valence-corrected chi connectivity index (χ1v) is 10.3. The first kappa shape index (κ1) is 17.8. The monoisotopic (exact) mass is 394 g/mol. The van der Waals surface area contributed by atoms with Crippen LogP contribution in [-0.4, -0.2) is 24.6 Å². The maximum atomic E-state index is 12.2. The van der Waals surface area contributed by atoms with E-state index in [0.717, 1.165) is 10.2 Å². The Kier molecular flexibility index (Phi) is 5.08. The van der Waals surface area contributed by atoms with E-state index < -0.39 is 15.7 Å². The molecule has 0 saturated carbocycles. The molecule has 0 atom stereocenters. The molecule has 0 spiro atoms. The lowest BCUT2D eigenvalue weighted by molar-refractivity contribution is -0.117. The van der Waals surface area contributed by atoms with E-state index in [-0.39, 0.29) is 17.1 Å². The highest BCUT2D eigenvalue weighted by molar-refractivity contribution is 7.91. The molecule has 5 nitrogen and oxygen atoms in total. The van der Waals surface area contributed by atoms with Crippen molar-refractivity contribution in [1.82, 2.24) is 4.57 Å². The molecule has 0 aliphatic heterocycles. The van der Waals surface area contributed by atoms with E-state index in [1.165, 1.54) is 23.5 Å². The van der Waals surface area contributed by atoms with Crippen LogP contribution in [0.5, 0.6) is 0 Å². The van der Waals surface area contributed by atoms with Gasteiger partial charge >= 0.3 is 0 Å². The third-order valence-corrected chi connectivity index (χ3v) is 6.74. The Bertz CT molecular complexity index is 1100. The SMILES string of the molecule is Cn1c(=NC(=O)CCS(=O)(=O)c2ccccc2)sc2cc(Cl)ccc21. The second kappa shape index (κ2) is 7.11. The summed E-state index contributed by atoms with van der Waals surface area (Å²) >= 11 is 7.32. The molecule has 1 heterocycles. The Morgan fingerprint density at radius 2 is 1.92 bits per heavy atom. The number of rotatable bonds is 4. The normalized spacial score (nSPS) is 12.6. The minimum Gasteiger partial charge on any atom is -0.319 e. The van der Waals surface area contributed by atoms with Crippen LogP contribution in [0.4, 0.5) is 0 Å². The van der Waals surface area contributed by atoms with Crippen LogP contribution in [0.2, 0.25) is 5.02 Å². The number of hydrogen-bond acceptors (Lipinski definition) is 4. The van der Waals surface area contributed by atoms with E-state index >= 15 is 0 Å². The molecule has 0 fully saturated rings. The number of thiazole rings is 1. The van der Waals surface area contributed by atoms with Gasteiger partial charge in [0, 0.05) is 18.5 Å². The third kappa shape index (κ3) is 4.00. The molecule has 3 rings (SSSR count). The number of halogens is 1. The highest BCUT2D eigenvalue weighted by Crippen LogP contribution is 2.21. The molecule has 8 heteroatoms. The van der Waals surface area contributed by atoms with Gasteiger partial charge in [-0.1, -0.05) is 41.1 Å². The average molecular weight is 395 g/mol. The molecule has 3 aromatic rings. The number of hydrogen-bond donors (Lipinski definition) is 0. The van der Waals surface area contributed by atoms with Crippen molar-refractivity contribution < 1.29 is 13.2 Å². The topological polar surface area (TPSA) is 68.5 Å². The summed E-state index contributed by atoms with van der Waals surface area (Å²) in [5.74, 6) is -0.729. The van der Waals surface area contributed by atoms with Gasteiger partial charge in [0.2, 0.25) is 5.91 Å². The fourth-order valence-electron chi connectivity index (χ4n) is 2.34. The van der Waals surface area contributed by atoms with Crippen molar-refractivity contribution in [2.75, 3.05) is 5.75 Å². The highest BCUT2D eigenvalue weighted by atomic mass is 35.5. The highest BCUT2D eigenvalue weighted by Gasteiger charge is 2.16. The third-order valence-electron chi connectivity index (χ3n) is 3.68. The number of fused-ring (bicyclic) bond motifs is 1. The molecule has 0 radical (unpaired) electrons. The predicted molar refractivity (Wildman–Crippen MR) is 99.5 cm³/mol. The summed E-state index contributed by atoms with van der Waals surface area (Å²) in [6, 6.07) is 13.5. The largest absolute Gasteiger partial charge is 0.319 e. The molecular weight excluding hydrogens is 380 g/mol. The van der Waals surface area contributed by atoms with Crippen LogP contribution >= 0.6 is 22.9 Å². The first-order valence-electron chi connectivity index (χ1n) is 7.47. The maximum Gasteiger partial charge on any atom is 0.249 e. The van der Waals surface area contributed by atoms with E-state index in [4.69, 9.17) is 11.6 Å². The quantitative estimate of drug-likeness (QED) is 0.682. The Labute approximate surface area is 154 Å². The van der Waals surface area contributed by atoms with Crippen molar-refractivity contribution in [1.29, 1.82) is 0 Å². The summed E-state index contributed by atoms with van der Waals surface area (Å²) in [5.41, 5.74) is 0.915. The molecule has 1 amide bonds. The van der Waals surface area contributed by atoms with Crippen LogP contribution in [0.25, 0.3) is 10.2 Å². The lowest BCUT2D eigenvalue weighted by atomic mass is 10.3. The van der Waals surface area contributed by atoms with Crippen molar-refractivity contribution in [2.45, 2.75) is 11.3 Å². The number of carbonyl (C=O) groups is 1. The number of sulfone groups is 1. The van der Waals surface area contributed by atoms with Gasteiger partial charge in [-0.15, -0.1) is 0 Å². The van der Waals surface area contributed by atoms with E-state index in [0.29, 0.717) is 9.82 Å². The van der Waals surface area contributed by atoms with Gasteiger partial charge in [0.1, 0.15) is 0 Å². The van der Waals surface area contributed by atoms with Crippen LogP contribution in [0.1, 0.15) is 6.42 Å². The van der Waals surface area contributed by atoms with Crippen molar-refractivity contribution in [3.05, 3.63) is 58.4 Å². The molecular formula is C17H15ClN2O3S2. The minimum absolute atomic E-state index is 0.160. The number of carbonyl (C=O) groups excluding carboxylic acids is 1. The molecule has 130 valence electrons. The number of benzene rings is 2. The zero-order chi connectivity index (χ0) is 18.0. The standard InChI is InChI=1S/C17H15ClN2O3S2/c1-20-14-8-7-12(18)11-15(14)24-17(20)19-16(21)9-10-25(22,23)13-5-3-2-4-6-13/h2-8,11H,9-10H2,1H3. The second-order valence-corrected chi connectivity index (χ2v) is 9.00. The molecule has 1 aromatic heterocycles. The maximum absolute atomic E-state index is 12.2. The van der Waals surface area contributed by atoms with E-state index in [9.17, 15) is 13.2 Å². The molecule has 25 heavy (non-hydrogen) atoms. The van der Waals surface area contributed by atoms with Crippen molar-refractivity contribution in [2.24, 2.45) is 12.0 Å². The van der Waals surface area contributed by atoms with Crippen LogP contribution in [0, 0.1) is 0 Å². The van der Waals surface area contributed by atoms with E-state index in [2.05, 4.69) is 4.99 Å². The number of amides is 1. The Balaban J connectivity index is 1.81. The van der Waals surface area contributed by atoms with Gasteiger partial charge in [-0.25, -0.2) is 8.42 Å². The summed E-state index contributed by atoms with van der Waals surface area (Å²) in [6.45, 7) is 0. The molecule has 0 unspecified atom stereocenters. The molecule has 0 N–H and O–H groups in total. The summed E-state index contributed by atoms with van der Waals surface area (Å²) in [7, 11) is -1.68. The van der Waals surface area contributed by atoms with Crippen LogP contribution in [0.15, 0.2) is 58.4 Å². The first-order chi connectivity index (χ1) is 11.9. The Morgan fingerprint density at radius 1 is 1.20 bits per heavy atom. The fraction of sp³-hybridized carbons (Fsp3) is 0.176. The number of nitrogens with zero attached hydrogens (tertiary/aromatic N) is 2. The van der Waals surface area contributed by atoms with Gasteiger partial charge in [0.25, 0.3) is 0 Å². The van der Waals surface area contributed by atoms with Gasteiger partial charge < -0.3 is 4.57 Å². The van der Waals surface area contributed by atoms with Crippen molar-refractivity contribution in [3.63, 3.8) is 0 Å². The summed E-state index contributed by atoms with van der Waals surface area (Å²) in [6.07, 6.45) is -0.160. The lowest BCUT2D eigenvalue weighted by Gasteiger charge is -2.02. The zero-order valence-corrected chi connectivity index (χ0v) is 15.7. The number of aryl methyl sites for hydroxylation is 1. The summed E-state index contributed by atoms with van der Waals surface area (Å²) < 4.78 is 27.2. The van der Waals surface area contributed by atoms with Crippen LogP contribution in [-0.2, 0) is 21.7 Å². The van der Waals surface area contributed by atoms with Gasteiger partial charge in [0.05, 0.1) is 20.9 Å². The van der Waals surface area contributed by atoms with E-state index in [1.54, 1.807) is 35.9 Å². The molecule has 2 aromatic carbocycles. The summed E-state index contributed by atoms with van der Waals surface area (Å²) in [4.78, 5) is 16.9. The van der Waals surface area contributed by atoms with Crippen molar-refractivity contribution in [3.8, 4) is 0 Å². The molecule has 0 bridgehead atoms. The van der Waals surface area contributed by atoms with Crippen LogP contribution in [0.3, 0.4) is 0 Å². The molecule has 0 aliphatic rings.